The normalized spacial score (nSPS) is 25.2. The van der Waals surface area contributed by atoms with Crippen LogP contribution >= 0.6 is 0 Å². The summed E-state index contributed by atoms with van der Waals surface area (Å²) in [4.78, 5) is 11.8. The van der Waals surface area contributed by atoms with Crippen molar-refractivity contribution >= 4 is 5.97 Å². The Hall–Kier alpha value is -0.610. The van der Waals surface area contributed by atoms with Crippen molar-refractivity contribution in [3.8, 4) is 0 Å². The van der Waals surface area contributed by atoms with E-state index in [0.29, 0.717) is 5.92 Å². The molecule has 0 bridgehead atoms. The average Bonchev–Trinajstić information content (AvgIpc) is 2.91. The van der Waals surface area contributed by atoms with Crippen molar-refractivity contribution in [2.45, 2.75) is 82.5 Å². The van der Waals surface area contributed by atoms with E-state index in [4.69, 9.17) is 10.5 Å². The monoisotopic (exact) mass is 269 g/mol. The van der Waals surface area contributed by atoms with E-state index >= 15 is 0 Å². The summed E-state index contributed by atoms with van der Waals surface area (Å²) in [6.07, 6.45) is 9.83. The first kappa shape index (κ1) is 14.8. The van der Waals surface area contributed by atoms with Gasteiger partial charge in [-0.25, -0.2) is 4.79 Å². The van der Waals surface area contributed by atoms with Crippen LogP contribution in [0.1, 0.15) is 64.2 Å². The van der Waals surface area contributed by atoms with Gasteiger partial charge in [0.15, 0.2) is 6.10 Å². The molecule has 0 aromatic rings. The number of carbonyl (C=O) groups excluding carboxylic acids is 1. The molecule has 0 spiro atoms. The minimum Gasteiger partial charge on any atom is -0.460 e. The number of aliphatic hydroxyl groups is 1. The highest BCUT2D eigenvalue weighted by Gasteiger charge is 2.30. The Morgan fingerprint density at radius 3 is 2.32 bits per heavy atom. The lowest BCUT2D eigenvalue weighted by molar-refractivity contribution is -0.160. The van der Waals surface area contributed by atoms with Crippen LogP contribution in [0.15, 0.2) is 0 Å². The van der Waals surface area contributed by atoms with Gasteiger partial charge in [0.25, 0.3) is 0 Å². The van der Waals surface area contributed by atoms with Gasteiger partial charge >= 0.3 is 5.97 Å². The third kappa shape index (κ3) is 4.46. The summed E-state index contributed by atoms with van der Waals surface area (Å²) < 4.78 is 5.31. The fraction of sp³-hybridized carbons (Fsp3) is 0.933. The van der Waals surface area contributed by atoms with Crippen LogP contribution in [-0.2, 0) is 9.53 Å². The van der Waals surface area contributed by atoms with Gasteiger partial charge in [-0.1, -0.05) is 32.1 Å². The highest BCUT2D eigenvalue weighted by atomic mass is 16.6. The fourth-order valence-electron chi connectivity index (χ4n) is 3.35. The zero-order valence-electron chi connectivity index (χ0n) is 11.7. The second kappa shape index (κ2) is 7.25. The zero-order chi connectivity index (χ0) is 13.7. The number of ether oxygens (including phenoxy) is 1. The Labute approximate surface area is 115 Å². The molecule has 110 valence electrons. The van der Waals surface area contributed by atoms with Gasteiger partial charge in [0.2, 0.25) is 0 Å². The van der Waals surface area contributed by atoms with E-state index < -0.39 is 18.1 Å². The summed E-state index contributed by atoms with van der Waals surface area (Å²) >= 11 is 0. The SMILES string of the molecule is N[C@@H](CC1CCCCC1)C(O)C(=O)OC1CCCC1. The molecule has 1 unspecified atom stereocenters. The Kier molecular flexibility index (Phi) is 5.64. The summed E-state index contributed by atoms with van der Waals surface area (Å²) in [5, 5.41) is 9.98. The molecule has 2 rings (SSSR count). The van der Waals surface area contributed by atoms with Gasteiger partial charge in [0.05, 0.1) is 0 Å². The van der Waals surface area contributed by atoms with Crippen molar-refractivity contribution in [3.63, 3.8) is 0 Å². The lowest BCUT2D eigenvalue weighted by Crippen LogP contribution is -2.43. The Morgan fingerprint density at radius 2 is 1.68 bits per heavy atom. The molecule has 0 radical (unpaired) electrons. The highest BCUT2D eigenvalue weighted by Crippen LogP contribution is 2.28. The molecule has 0 heterocycles. The molecule has 2 saturated carbocycles. The Balaban J connectivity index is 1.73. The zero-order valence-corrected chi connectivity index (χ0v) is 11.7. The molecule has 0 aromatic heterocycles. The average molecular weight is 269 g/mol. The van der Waals surface area contributed by atoms with Crippen LogP contribution in [0.4, 0.5) is 0 Å². The van der Waals surface area contributed by atoms with Gasteiger partial charge in [-0.05, 0) is 38.0 Å². The van der Waals surface area contributed by atoms with Gasteiger partial charge in [0.1, 0.15) is 6.10 Å². The number of rotatable bonds is 5. The van der Waals surface area contributed by atoms with E-state index in [2.05, 4.69) is 0 Å². The van der Waals surface area contributed by atoms with Crippen molar-refractivity contribution in [2.24, 2.45) is 11.7 Å². The van der Waals surface area contributed by atoms with Crippen LogP contribution in [0.2, 0.25) is 0 Å². The summed E-state index contributed by atoms with van der Waals surface area (Å²) in [6, 6.07) is -0.475. The van der Waals surface area contributed by atoms with E-state index in [1.807, 2.05) is 0 Å². The quantitative estimate of drug-likeness (QED) is 0.750. The van der Waals surface area contributed by atoms with Gasteiger partial charge < -0.3 is 15.6 Å². The summed E-state index contributed by atoms with van der Waals surface area (Å²) in [5.74, 6) is 0.0490. The van der Waals surface area contributed by atoms with Crippen molar-refractivity contribution < 1.29 is 14.6 Å². The first-order valence-electron chi connectivity index (χ1n) is 7.81. The first-order chi connectivity index (χ1) is 9.16. The van der Waals surface area contributed by atoms with Crippen molar-refractivity contribution in [2.75, 3.05) is 0 Å². The number of hydrogen-bond acceptors (Lipinski definition) is 4. The molecule has 3 N–H and O–H groups in total. The third-order valence-corrected chi connectivity index (χ3v) is 4.56. The fourth-order valence-corrected chi connectivity index (χ4v) is 3.35. The van der Waals surface area contributed by atoms with E-state index in [0.717, 1.165) is 32.1 Å². The third-order valence-electron chi connectivity index (χ3n) is 4.56. The molecule has 0 saturated heterocycles. The second-order valence-electron chi connectivity index (χ2n) is 6.19. The molecule has 4 heteroatoms. The molecule has 2 aliphatic carbocycles. The van der Waals surface area contributed by atoms with E-state index in [-0.39, 0.29) is 6.10 Å². The van der Waals surface area contributed by atoms with Crippen LogP contribution in [0.25, 0.3) is 0 Å². The number of aliphatic hydroxyl groups excluding tert-OH is 1. The summed E-state index contributed by atoms with van der Waals surface area (Å²) in [6.45, 7) is 0. The summed E-state index contributed by atoms with van der Waals surface area (Å²) in [5.41, 5.74) is 5.97. The standard InChI is InChI=1S/C15H27NO3/c16-13(10-11-6-2-1-3-7-11)14(17)15(18)19-12-8-4-5-9-12/h11-14,17H,1-10,16H2/t13-,14?/m0/s1. The second-order valence-corrected chi connectivity index (χ2v) is 6.19. The molecule has 0 aromatic carbocycles. The highest BCUT2D eigenvalue weighted by molar-refractivity contribution is 5.75. The molecule has 2 aliphatic rings. The minimum absolute atomic E-state index is 0.00373. The van der Waals surface area contributed by atoms with Crippen LogP contribution in [0.5, 0.6) is 0 Å². The topological polar surface area (TPSA) is 72.5 Å². The lowest BCUT2D eigenvalue weighted by atomic mass is 9.84. The molecular weight excluding hydrogens is 242 g/mol. The molecular formula is C15H27NO3. The largest absolute Gasteiger partial charge is 0.460 e. The lowest BCUT2D eigenvalue weighted by Gasteiger charge is -2.26. The van der Waals surface area contributed by atoms with E-state index in [1.54, 1.807) is 0 Å². The molecule has 19 heavy (non-hydrogen) atoms. The van der Waals surface area contributed by atoms with Crippen molar-refractivity contribution in [1.29, 1.82) is 0 Å². The van der Waals surface area contributed by atoms with E-state index in [1.165, 1.54) is 32.1 Å². The number of esters is 1. The van der Waals surface area contributed by atoms with Crippen LogP contribution < -0.4 is 5.73 Å². The number of hydrogen-bond donors (Lipinski definition) is 2. The smallest absolute Gasteiger partial charge is 0.336 e. The maximum Gasteiger partial charge on any atom is 0.336 e. The Bertz CT molecular complexity index is 283. The molecule has 2 fully saturated rings. The van der Waals surface area contributed by atoms with Gasteiger partial charge in [-0.2, -0.15) is 0 Å². The van der Waals surface area contributed by atoms with Crippen LogP contribution in [-0.4, -0.2) is 29.3 Å². The maximum atomic E-state index is 11.8. The summed E-state index contributed by atoms with van der Waals surface area (Å²) in [7, 11) is 0. The molecule has 0 aliphatic heterocycles. The molecule has 2 atom stereocenters. The minimum atomic E-state index is -1.15. The predicted octanol–water partition coefficient (Wildman–Crippen LogP) is 2.13. The van der Waals surface area contributed by atoms with Crippen molar-refractivity contribution in [3.05, 3.63) is 0 Å². The Morgan fingerprint density at radius 1 is 1.11 bits per heavy atom. The van der Waals surface area contributed by atoms with Gasteiger partial charge in [0, 0.05) is 6.04 Å². The van der Waals surface area contributed by atoms with Crippen LogP contribution in [0, 0.1) is 5.92 Å². The van der Waals surface area contributed by atoms with Gasteiger partial charge in [-0.3, -0.25) is 0 Å². The maximum absolute atomic E-state index is 11.8. The predicted molar refractivity (Wildman–Crippen MR) is 73.5 cm³/mol. The van der Waals surface area contributed by atoms with Gasteiger partial charge in [-0.15, -0.1) is 0 Å². The van der Waals surface area contributed by atoms with Crippen LogP contribution in [0.3, 0.4) is 0 Å². The van der Waals surface area contributed by atoms with E-state index in [9.17, 15) is 9.90 Å². The first-order valence-corrected chi connectivity index (χ1v) is 7.81. The van der Waals surface area contributed by atoms with Crippen molar-refractivity contribution in [1.82, 2.24) is 0 Å². The number of nitrogens with two attached hydrogens (primary N) is 1. The number of carbonyl (C=O) groups is 1. The molecule has 4 nitrogen and oxygen atoms in total. The molecule has 0 amide bonds.